The molecule has 1 aromatic carbocycles. The number of nitrogens with zero attached hydrogens (tertiary/aromatic N) is 1. The van der Waals surface area contributed by atoms with E-state index in [1.807, 2.05) is 11.5 Å². The number of ether oxygens (including phenoxy) is 3. The molecule has 2 aromatic rings. The lowest BCUT2D eigenvalue weighted by Crippen LogP contribution is -2.15. The number of rotatable bonds is 8. The van der Waals surface area contributed by atoms with Gasteiger partial charge in [0.05, 0.1) is 26.2 Å². The Kier molecular flexibility index (Phi) is 6.92. The number of aryl methyl sites for hydroxylation is 1. The zero-order valence-electron chi connectivity index (χ0n) is 16.2. The predicted octanol–water partition coefficient (Wildman–Crippen LogP) is 2.86. The molecule has 28 heavy (non-hydrogen) atoms. The number of hydrogen-bond donors (Lipinski definition) is 0. The molecule has 0 bridgehead atoms. The fourth-order valence-corrected chi connectivity index (χ4v) is 2.82. The van der Waals surface area contributed by atoms with Gasteiger partial charge in [-0.05, 0) is 38.1 Å². The van der Waals surface area contributed by atoms with Crippen molar-refractivity contribution >= 4 is 17.7 Å². The third-order valence-corrected chi connectivity index (χ3v) is 4.36. The minimum atomic E-state index is -0.811. The summed E-state index contributed by atoms with van der Waals surface area (Å²) in [6.07, 6.45) is 0.179. The van der Waals surface area contributed by atoms with Crippen molar-refractivity contribution in [2.45, 2.75) is 26.8 Å². The fourth-order valence-electron chi connectivity index (χ4n) is 2.82. The molecular weight excluding hydrogens is 369 g/mol. The molecule has 0 atom stereocenters. The van der Waals surface area contributed by atoms with Gasteiger partial charge >= 0.3 is 11.9 Å². The molecule has 0 saturated heterocycles. The summed E-state index contributed by atoms with van der Waals surface area (Å²) in [6, 6.07) is 5.33. The maximum absolute atomic E-state index is 13.7. The first-order valence-corrected chi connectivity index (χ1v) is 8.55. The summed E-state index contributed by atoms with van der Waals surface area (Å²) in [4.78, 5) is 35.8. The number of hydrogen-bond acceptors (Lipinski definition) is 6. The molecule has 150 valence electrons. The van der Waals surface area contributed by atoms with Gasteiger partial charge in [-0.1, -0.05) is 0 Å². The summed E-state index contributed by atoms with van der Waals surface area (Å²) in [7, 11) is 2.63. The lowest BCUT2D eigenvalue weighted by atomic mass is 10.1. The molecule has 2 rings (SSSR count). The third kappa shape index (κ3) is 4.76. The maximum Gasteiger partial charge on any atom is 0.338 e. The van der Waals surface area contributed by atoms with Crippen molar-refractivity contribution in [2.24, 2.45) is 0 Å². The van der Waals surface area contributed by atoms with E-state index in [-0.39, 0.29) is 29.5 Å². The Labute approximate surface area is 162 Å². The average Bonchev–Trinajstić information content (AvgIpc) is 2.97. The SMILES string of the molecule is COC(=O)CCn1c(C)cc(C(=O)COC(=O)c2ccc(OC)c(F)c2)c1C. The molecule has 0 aliphatic heterocycles. The van der Waals surface area contributed by atoms with Crippen LogP contribution in [-0.2, 0) is 20.8 Å². The van der Waals surface area contributed by atoms with Crippen LogP contribution >= 0.6 is 0 Å². The van der Waals surface area contributed by atoms with E-state index in [2.05, 4.69) is 4.74 Å². The Morgan fingerprint density at radius 3 is 2.43 bits per heavy atom. The predicted molar refractivity (Wildman–Crippen MR) is 98.1 cm³/mol. The molecule has 0 unspecified atom stereocenters. The van der Waals surface area contributed by atoms with Crippen molar-refractivity contribution in [1.82, 2.24) is 4.57 Å². The number of Topliss-reactive ketones (excluding diaryl/α,β-unsaturated/α-hetero) is 1. The van der Waals surface area contributed by atoms with Crippen molar-refractivity contribution in [1.29, 1.82) is 0 Å². The zero-order valence-corrected chi connectivity index (χ0v) is 16.2. The normalized spacial score (nSPS) is 10.5. The molecule has 0 fully saturated rings. The van der Waals surface area contributed by atoms with Gasteiger partial charge in [-0.3, -0.25) is 9.59 Å². The van der Waals surface area contributed by atoms with Crippen LogP contribution in [0.25, 0.3) is 0 Å². The van der Waals surface area contributed by atoms with Gasteiger partial charge in [0.1, 0.15) is 0 Å². The number of aromatic nitrogens is 1. The van der Waals surface area contributed by atoms with Crippen molar-refractivity contribution < 1.29 is 33.0 Å². The minimum absolute atomic E-state index is 0.00650. The maximum atomic E-state index is 13.7. The molecule has 0 saturated carbocycles. The monoisotopic (exact) mass is 391 g/mol. The smallest absolute Gasteiger partial charge is 0.338 e. The summed E-state index contributed by atoms with van der Waals surface area (Å²) in [5.41, 5.74) is 1.84. The van der Waals surface area contributed by atoms with Gasteiger partial charge in [0.25, 0.3) is 0 Å². The second kappa shape index (κ2) is 9.16. The second-order valence-electron chi connectivity index (χ2n) is 6.11. The largest absolute Gasteiger partial charge is 0.494 e. The first kappa shape index (κ1) is 21.1. The number of carbonyl (C=O) groups excluding carboxylic acids is 3. The van der Waals surface area contributed by atoms with E-state index in [1.165, 1.54) is 26.4 Å². The molecule has 8 heteroatoms. The number of carbonyl (C=O) groups is 3. The van der Waals surface area contributed by atoms with Gasteiger partial charge in [-0.25, -0.2) is 9.18 Å². The van der Waals surface area contributed by atoms with E-state index < -0.39 is 18.4 Å². The Morgan fingerprint density at radius 1 is 1.11 bits per heavy atom. The van der Waals surface area contributed by atoms with Crippen LogP contribution < -0.4 is 4.74 Å². The Morgan fingerprint density at radius 2 is 1.82 bits per heavy atom. The Balaban J connectivity index is 2.04. The van der Waals surface area contributed by atoms with Crippen molar-refractivity contribution in [2.75, 3.05) is 20.8 Å². The molecule has 0 N–H and O–H groups in total. The third-order valence-electron chi connectivity index (χ3n) is 4.36. The summed E-state index contributed by atoms with van der Waals surface area (Å²) in [6.45, 7) is 3.46. The van der Waals surface area contributed by atoms with E-state index in [4.69, 9.17) is 9.47 Å². The number of ketones is 1. The lowest BCUT2D eigenvalue weighted by molar-refractivity contribution is -0.140. The van der Waals surface area contributed by atoms with Gasteiger partial charge < -0.3 is 18.8 Å². The van der Waals surface area contributed by atoms with E-state index in [1.54, 1.807) is 13.0 Å². The van der Waals surface area contributed by atoms with E-state index in [0.29, 0.717) is 17.8 Å². The van der Waals surface area contributed by atoms with E-state index in [9.17, 15) is 18.8 Å². The summed E-state index contributed by atoms with van der Waals surface area (Å²) in [5.74, 6) is -2.24. The molecule has 0 aliphatic carbocycles. The van der Waals surface area contributed by atoms with Crippen LogP contribution in [0, 0.1) is 19.7 Å². The van der Waals surface area contributed by atoms with E-state index >= 15 is 0 Å². The first-order valence-electron chi connectivity index (χ1n) is 8.55. The molecular formula is C20H22FNO6. The van der Waals surface area contributed by atoms with Crippen LogP contribution in [0.5, 0.6) is 5.75 Å². The number of benzene rings is 1. The van der Waals surface area contributed by atoms with Crippen molar-refractivity contribution in [3.8, 4) is 5.75 Å². The number of halogens is 1. The average molecular weight is 391 g/mol. The van der Waals surface area contributed by atoms with Gasteiger partial charge in [0, 0.05) is 23.5 Å². The summed E-state index contributed by atoms with van der Waals surface area (Å²) < 4.78 is 29.9. The highest BCUT2D eigenvalue weighted by molar-refractivity contribution is 6.00. The molecule has 0 spiro atoms. The number of esters is 2. The Hall–Kier alpha value is -3.16. The fraction of sp³-hybridized carbons (Fsp3) is 0.350. The minimum Gasteiger partial charge on any atom is -0.494 e. The summed E-state index contributed by atoms with van der Waals surface area (Å²) in [5, 5.41) is 0. The first-order chi connectivity index (χ1) is 13.3. The summed E-state index contributed by atoms with van der Waals surface area (Å²) >= 11 is 0. The van der Waals surface area contributed by atoms with Crippen molar-refractivity contribution in [3.05, 3.63) is 52.6 Å². The van der Waals surface area contributed by atoms with Crippen molar-refractivity contribution in [3.63, 3.8) is 0 Å². The van der Waals surface area contributed by atoms with E-state index in [0.717, 1.165) is 11.8 Å². The molecule has 1 heterocycles. The molecule has 7 nitrogen and oxygen atoms in total. The molecule has 1 aromatic heterocycles. The van der Waals surface area contributed by atoms with Gasteiger partial charge in [-0.2, -0.15) is 0 Å². The van der Waals surface area contributed by atoms with Crippen LogP contribution in [0.2, 0.25) is 0 Å². The molecule has 0 aliphatic rings. The van der Waals surface area contributed by atoms with Crippen LogP contribution in [0.4, 0.5) is 4.39 Å². The van der Waals surface area contributed by atoms with Gasteiger partial charge in [0.15, 0.2) is 18.2 Å². The molecule has 0 amide bonds. The van der Waals surface area contributed by atoms with Gasteiger partial charge in [-0.15, -0.1) is 0 Å². The highest BCUT2D eigenvalue weighted by atomic mass is 19.1. The van der Waals surface area contributed by atoms with Crippen LogP contribution in [0.3, 0.4) is 0 Å². The van der Waals surface area contributed by atoms with Crippen LogP contribution in [0.1, 0.15) is 38.5 Å². The Bertz CT molecular complexity index is 902. The standard InChI is InChI=1S/C20H22FNO6/c1-12-9-15(13(2)22(12)8-7-19(24)27-4)17(23)11-28-20(25)14-5-6-18(26-3)16(21)10-14/h5-6,9-10H,7-8,11H2,1-4H3. The lowest BCUT2D eigenvalue weighted by Gasteiger charge is -2.09. The number of methoxy groups -OCH3 is 2. The quantitative estimate of drug-likeness (QED) is 0.508. The zero-order chi connectivity index (χ0) is 20.8. The molecule has 0 radical (unpaired) electrons. The second-order valence-corrected chi connectivity index (χ2v) is 6.11. The topological polar surface area (TPSA) is 83.8 Å². The van der Waals surface area contributed by atoms with Crippen LogP contribution in [-0.4, -0.2) is 43.1 Å². The highest BCUT2D eigenvalue weighted by Crippen LogP contribution is 2.19. The van der Waals surface area contributed by atoms with Gasteiger partial charge in [0.2, 0.25) is 5.78 Å². The highest BCUT2D eigenvalue weighted by Gasteiger charge is 2.19. The van der Waals surface area contributed by atoms with Crippen LogP contribution in [0.15, 0.2) is 24.3 Å².